The molecule has 0 saturated carbocycles. The summed E-state index contributed by atoms with van der Waals surface area (Å²) in [6.45, 7) is 1.81. The first kappa shape index (κ1) is 96.3. The molecule has 1 N–H and O–H groups in total. The molecule has 0 unspecified atom stereocenters. The van der Waals surface area contributed by atoms with E-state index in [1.807, 2.05) is 42.5 Å². The summed E-state index contributed by atoms with van der Waals surface area (Å²) in [6.07, 6.45) is 1.67. The fourth-order valence-corrected chi connectivity index (χ4v) is 20.3. The van der Waals surface area contributed by atoms with Gasteiger partial charge in [0, 0.05) is 123 Å². The molecule has 27 rings (SSSR count). The van der Waals surface area contributed by atoms with Crippen LogP contribution in [0, 0.1) is 7.43 Å². The largest absolute Gasteiger partial charge is 1.00 e. The second-order valence-electron chi connectivity index (χ2n) is 35.6. The Morgan fingerprint density at radius 2 is 0.500 bits per heavy atom. The molecule has 7 aromatic heterocycles. The number of phenolic OH excluding ortho intramolecular Hbond substituents is 1. The van der Waals surface area contributed by atoms with Crippen LogP contribution in [-0.2, 0) is 0 Å². The number of fused-ring (bicyclic) bond motifs is 12. The van der Waals surface area contributed by atoms with Crippen LogP contribution in [-0.4, -0.2) is 55.0 Å². The zero-order valence-electron chi connectivity index (χ0n) is 82.2. The first-order valence-corrected chi connectivity index (χ1v) is 49.6. The number of hydrogen-bond acceptors (Lipinski definition) is 8. The summed E-state index contributed by atoms with van der Waals surface area (Å²) < 4.78 is 9.20. The number of aromatic hydroxyl groups is 1. The maximum atomic E-state index is 9.31. The van der Waals surface area contributed by atoms with Crippen molar-refractivity contribution in [1.82, 2.24) is 43.2 Å². The van der Waals surface area contributed by atoms with Crippen LogP contribution in [0.25, 0.3) is 200 Å². The zero-order valence-corrected chi connectivity index (χ0v) is 83.2. The molecule has 0 amide bonds. The van der Waals surface area contributed by atoms with Gasteiger partial charge in [0.2, 0.25) is 0 Å². The normalized spacial score (nSPS) is 11.0. The number of para-hydroxylation sites is 13. The van der Waals surface area contributed by atoms with Crippen LogP contribution in [0.3, 0.4) is 0 Å². The first-order chi connectivity index (χ1) is 71.9. The number of nitrogens with zero attached hydrogens (tertiary/aromatic N) is 11. The summed E-state index contributed by atoms with van der Waals surface area (Å²) in [6, 6.07) is 186. The van der Waals surface area contributed by atoms with E-state index in [4.69, 9.17) is 19.9 Å². The van der Waals surface area contributed by atoms with E-state index in [0.717, 1.165) is 185 Å². The van der Waals surface area contributed by atoms with Crippen LogP contribution in [0.4, 0.5) is 34.1 Å². The first-order valence-electron chi connectivity index (χ1n) is 48.6. The fourth-order valence-electron chi connectivity index (χ4n) is 20.3. The van der Waals surface area contributed by atoms with Gasteiger partial charge < -0.3 is 40.7 Å². The molecule has 20 aromatic carbocycles. The molecule has 0 fully saturated rings. The van der Waals surface area contributed by atoms with Crippen molar-refractivity contribution in [3.8, 4) is 107 Å². The van der Waals surface area contributed by atoms with E-state index >= 15 is 0 Å². The molecule has 0 bridgehead atoms. The number of aromatic nitrogens is 9. The van der Waals surface area contributed by atoms with Crippen molar-refractivity contribution in [3.63, 3.8) is 0 Å². The van der Waals surface area contributed by atoms with Crippen molar-refractivity contribution in [1.29, 1.82) is 0 Å². The van der Waals surface area contributed by atoms with Gasteiger partial charge in [-0.2, -0.15) is 6.66 Å². The molecule has 15 heteroatoms. The van der Waals surface area contributed by atoms with Gasteiger partial charge in [-0.25, -0.2) is 19.9 Å². The Morgan fingerprint density at radius 3 is 0.858 bits per heavy atom. The Balaban J connectivity index is 0.000000152. The minimum absolute atomic E-state index is 0. The summed E-state index contributed by atoms with van der Waals surface area (Å²) in [5.41, 5.74) is 34.7. The Labute approximate surface area is 885 Å². The Kier molecular flexibility index (Phi) is 28.0. The molecule has 0 aliphatic carbocycles. The van der Waals surface area contributed by atoms with Crippen molar-refractivity contribution in [2.45, 2.75) is 0 Å². The van der Waals surface area contributed by atoms with E-state index in [2.05, 4.69) is 515 Å². The predicted molar refractivity (Wildman–Crippen MR) is 613 cm³/mol. The third-order valence-corrected chi connectivity index (χ3v) is 27.1. The third-order valence-electron chi connectivity index (χ3n) is 27.1. The third kappa shape index (κ3) is 18.6. The maximum absolute atomic E-state index is 9.31. The number of anilines is 6. The van der Waals surface area contributed by atoms with E-state index in [9.17, 15) is 5.11 Å². The average Bonchev–Trinajstić information content (AvgIpc) is 0.807. The van der Waals surface area contributed by atoms with Crippen LogP contribution in [0.15, 0.2) is 534 Å². The quantitative estimate of drug-likeness (QED) is 0.0415. The fraction of sp³-hybridized carbons (Fsp3) is 0.00752. The number of hydrogen-bond donors (Lipinski definition) is 1. The molecule has 0 saturated heterocycles. The average molecular weight is 1910 g/mol. The smallest absolute Gasteiger partial charge is 0.562 e. The van der Waals surface area contributed by atoms with Gasteiger partial charge in [0.25, 0.3) is 0 Å². The van der Waals surface area contributed by atoms with Crippen molar-refractivity contribution < 1.29 is 42.8 Å². The van der Waals surface area contributed by atoms with E-state index in [0.29, 0.717) is 5.52 Å². The van der Waals surface area contributed by atoms with Gasteiger partial charge in [0.05, 0.1) is 66.6 Å². The standard InChI is InChI=1S/C62H40N6.C60H42N4.C9H7NO.CH4P.CH3.2Li/c1-5-17-41(18-6-1)51-39-55(43-29-33-45(34-30-43)61-65-53-25-13-15-27-57(53)67(61)47-21-9-3-10-22-47)63-59-49(51)37-38-50-52(42-19-7-2-8-20-42)40-56(64-60(50)59)44-31-35-46(36-32-44)62-66-54-26-14-16-28-58(54)68(62)48-23-11-4-12-24-48;1-3-15-45(16-4-1)61(49-35-39-51(40-36-49)63-57-23-11-7-19-53(57)54-20-8-12-24-58(54)63)47-31-27-43(28-32-47)44-29-33-48(34-30-44)62(46-17-5-2-6-18-46)50-37-41-52(42-38-50)64-59-25-13-9-21-55(59)56-22-10-14-26-60(56)64;11-8-5-1-3-7-4-2-6-10-9(7)8;1-2;;;/h1-40H;1-42H;1-6,11H;2H,1H3;1H3;;/q;;;2*-1;2*+1. The molecule has 27 aromatic rings. The maximum Gasteiger partial charge on any atom is 1.00 e. The molecule has 0 atom stereocenters. The van der Waals surface area contributed by atoms with Crippen molar-refractivity contribution in [3.05, 3.63) is 541 Å². The van der Waals surface area contributed by atoms with Crippen molar-refractivity contribution in [2.75, 3.05) is 16.5 Å². The molecule has 0 aliphatic heterocycles. The zero-order chi connectivity index (χ0) is 97.1. The van der Waals surface area contributed by atoms with Gasteiger partial charge in [-0.3, -0.25) is 14.1 Å². The van der Waals surface area contributed by atoms with E-state index < -0.39 is 0 Å². The van der Waals surface area contributed by atoms with E-state index in [1.165, 1.54) is 43.6 Å². The van der Waals surface area contributed by atoms with Gasteiger partial charge >= 0.3 is 37.7 Å². The summed E-state index contributed by atoms with van der Waals surface area (Å²) in [4.78, 5) is 30.1. The van der Waals surface area contributed by atoms with Crippen molar-refractivity contribution >= 4 is 142 Å². The number of imidazole rings is 2. The molecule has 0 aliphatic rings. The van der Waals surface area contributed by atoms with Crippen molar-refractivity contribution in [2.24, 2.45) is 0 Å². The van der Waals surface area contributed by atoms with Crippen LogP contribution in [0.1, 0.15) is 0 Å². The van der Waals surface area contributed by atoms with Crippen LogP contribution in [0.5, 0.6) is 5.75 Å². The molecule has 0 radical (unpaired) electrons. The minimum Gasteiger partial charge on any atom is -0.562 e. The minimum atomic E-state index is 0. The second kappa shape index (κ2) is 43.0. The Bertz CT molecular complexity index is 8750. The molecule has 7 heterocycles. The van der Waals surface area contributed by atoms with E-state index in [-0.39, 0.29) is 50.9 Å². The van der Waals surface area contributed by atoms with Gasteiger partial charge in [0.1, 0.15) is 22.9 Å². The number of rotatable bonds is 17. The van der Waals surface area contributed by atoms with E-state index in [1.54, 1.807) is 25.0 Å². The Hall–Kier alpha value is -17.8. The molecule has 696 valence electrons. The second-order valence-corrected chi connectivity index (χ2v) is 35.6. The summed E-state index contributed by atoms with van der Waals surface area (Å²) in [5, 5.41) is 17.4. The molecular formula is C133H96Li2N11OP. The molecule has 12 nitrogen and oxygen atoms in total. The Morgan fingerprint density at radius 1 is 0.216 bits per heavy atom. The molecule has 148 heavy (non-hydrogen) atoms. The monoisotopic (exact) mass is 1910 g/mol. The number of phenols is 1. The summed E-state index contributed by atoms with van der Waals surface area (Å²) >= 11 is 0. The van der Waals surface area contributed by atoms with Gasteiger partial charge in [-0.1, -0.05) is 334 Å². The van der Waals surface area contributed by atoms with Gasteiger partial charge in [-0.15, -0.1) is 0 Å². The van der Waals surface area contributed by atoms with Crippen LogP contribution in [0.2, 0.25) is 0 Å². The van der Waals surface area contributed by atoms with Gasteiger partial charge in [-0.05, 0) is 228 Å². The predicted octanol–water partition coefficient (Wildman–Crippen LogP) is 29.1. The topological polar surface area (TPSA) is 111 Å². The SMILES string of the molecule is C[PH-].Oc1cccc2cccnc12.[CH3-].[Li+].[Li+].c1ccc(-c2cc(-c3ccc(-c4nc5ccccc5n4-c4ccccc4)cc3)nc3c2ccc2c(-c4ccccc4)cc(-c4ccc(-c5nc6ccccc6n5-c5ccccc5)cc4)nc23)cc1.c1ccc(N(c2ccc(-c3ccc(N(c4ccccc4)c4ccc(-n5c6ccccc6c6ccccc65)cc4)cc3)cc2)c2ccc(-n3c4ccccc4c4ccccc43)cc2)cc1. The number of benzene rings is 20. The van der Waals surface area contributed by atoms with Gasteiger partial charge in [0.15, 0.2) is 0 Å². The van der Waals surface area contributed by atoms with Crippen LogP contribution >= 0.6 is 9.24 Å². The summed E-state index contributed by atoms with van der Waals surface area (Å²) in [5.74, 6) is 2.02. The summed E-state index contributed by atoms with van der Waals surface area (Å²) in [7, 11) is 2.97. The molecular weight excluding hydrogens is 1810 g/mol. The van der Waals surface area contributed by atoms with Crippen LogP contribution < -0.4 is 47.5 Å². The number of pyridine rings is 3. The molecule has 0 spiro atoms.